The van der Waals surface area contributed by atoms with Gasteiger partial charge in [0.2, 0.25) is 0 Å². The highest BCUT2D eigenvalue weighted by Gasteiger charge is 2.06. The first-order valence-electron chi connectivity index (χ1n) is 4.64. The maximum absolute atomic E-state index is 13.4. The SMILES string of the molecule is Nc1ccc(Oc2ccccc2Br)c(F)c1. The van der Waals surface area contributed by atoms with Crippen LogP contribution in [-0.4, -0.2) is 0 Å². The standard InChI is InChI=1S/C12H9BrFNO/c13-9-3-1-2-4-11(9)16-12-6-5-8(15)7-10(12)14/h1-7H,15H2. The van der Waals surface area contributed by atoms with E-state index in [1.54, 1.807) is 12.1 Å². The van der Waals surface area contributed by atoms with E-state index in [2.05, 4.69) is 15.9 Å². The van der Waals surface area contributed by atoms with Crippen LogP contribution in [0.25, 0.3) is 0 Å². The first-order chi connectivity index (χ1) is 7.66. The number of benzene rings is 2. The molecule has 82 valence electrons. The van der Waals surface area contributed by atoms with E-state index in [1.165, 1.54) is 12.1 Å². The van der Waals surface area contributed by atoms with E-state index in [4.69, 9.17) is 10.5 Å². The summed E-state index contributed by atoms with van der Waals surface area (Å²) in [6.07, 6.45) is 0. The minimum absolute atomic E-state index is 0.154. The van der Waals surface area contributed by atoms with Crippen LogP contribution in [0, 0.1) is 5.82 Å². The summed E-state index contributed by atoms with van der Waals surface area (Å²) < 4.78 is 19.6. The second-order valence-corrected chi connectivity index (χ2v) is 4.08. The van der Waals surface area contributed by atoms with Crippen molar-refractivity contribution >= 4 is 21.6 Å². The van der Waals surface area contributed by atoms with Gasteiger partial charge < -0.3 is 10.5 Å². The van der Waals surface area contributed by atoms with Crippen molar-refractivity contribution in [3.63, 3.8) is 0 Å². The van der Waals surface area contributed by atoms with Crippen molar-refractivity contribution < 1.29 is 9.13 Å². The predicted molar refractivity (Wildman–Crippen MR) is 65.0 cm³/mol. The molecule has 2 rings (SSSR count). The van der Waals surface area contributed by atoms with E-state index in [1.807, 2.05) is 18.2 Å². The van der Waals surface area contributed by atoms with Crippen molar-refractivity contribution in [3.05, 3.63) is 52.8 Å². The van der Waals surface area contributed by atoms with Gasteiger partial charge in [0.25, 0.3) is 0 Å². The molecule has 2 aromatic rings. The Labute approximate surface area is 101 Å². The van der Waals surface area contributed by atoms with Gasteiger partial charge in [-0.25, -0.2) is 4.39 Å². The maximum atomic E-state index is 13.4. The Balaban J connectivity index is 2.31. The van der Waals surface area contributed by atoms with Crippen LogP contribution in [0.1, 0.15) is 0 Å². The van der Waals surface area contributed by atoms with Gasteiger partial charge >= 0.3 is 0 Å². The second-order valence-electron chi connectivity index (χ2n) is 3.22. The molecule has 0 aromatic heterocycles. The zero-order chi connectivity index (χ0) is 11.5. The van der Waals surface area contributed by atoms with Crippen LogP contribution < -0.4 is 10.5 Å². The van der Waals surface area contributed by atoms with Crippen LogP contribution in [0.15, 0.2) is 46.9 Å². The Kier molecular flexibility index (Phi) is 3.10. The summed E-state index contributed by atoms with van der Waals surface area (Å²) in [7, 11) is 0. The molecule has 0 amide bonds. The molecule has 2 N–H and O–H groups in total. The van der Waals surface area contributed by atoms with E-state index in [0.717, 1.165) is 4.47 Å². The third-order valence-electron chi connectivity index (χ3n) is 2.01. The quantitative estimate of drug-likeness (QED) is 0.846. The van der Waals surface area contributed by atoms with Gasteiger partial charge in [-0.05, 0) is 40.2 Å². The molecule has 0 aliphatic heterocycles. The van der Waals surface area contributed by atoms with Gasteiger partial charge in [0.15, 0.2) is 11.6 Å². The van der Waals surface area contributed by atoms with Crippen molar-refractivity contribution in [2.24, 2.45) is 0 Å². The Morgan fingerprint density at radius 3 is 2.50 bits per heavy atom. The van der Waals surface area contributed by atoms with Crippen molar-refractivity contribution in [2.45, 2.75) is 0 Å². The lowest BCUT2D eigenvalue weighted by atomic mass is 10.3. The van der Waals surface area contributed by atoms with E-state index < -0.39 is 5.82 Å². The normalized spacial score (nSPS) is 10.1. The number of halogens is 2. The number of nitrogen functional groups attached to an aromatic ring is 1. The summed E-state index contributed by atoms with van der Waals surface area (Å²) in [4.78, 5) is 0. The topological polar surface area (TPSA) is 35.2 Å². The molecular weight excluding hydrogens is 273 g/mol. The van der Waals surface area contributed by atoms with E-state index in [0.29, 0.717) is 11.4 Å². The summed E-state index contributed by atoms with van der Waals surface area (Å²) in [5.41, 5.74) is 5.82. The van der Waals surface area contributed by atoms with Crippen molar-refractivity contribution in [1.82, 2.24) is 0 Å². The highest BCUT2D eigenvalue weighted by Crippen LogP contribution is 2.31. The lowest BCUT2D eigenvalue weighted by Gasteiger charge is -2.08. The van der Waals surface area contributed by atoms with Crippen LogP contribution in [-0.2, 0) is 0 Å². The van der Waals surface area contributed by atoms with Gasteiger partial charge in [-0.3, -0.25) is 0 Å². The zero-order valence-corrected chi connectivity index (χ0v) is 9.87. The second kappa shape index (κ2) is 4.53. The summed E-state index contributed by atoms with van der Waals surface area (Å²) >= 11 is 3.32. The molecule has 4 heteroatoms. The third kappa shape index (κ3) is 2.33. The number of anilines is 1. The van der Waals surface area contributed by atoms with Crippen LogP contribution in [0.4, 0.5) is 10.1 Å². The molecule has 0 radical (unpaired) electrons. The molecule has 0 aliphatic rings. The molecule has 0 spiro atoms. The van der Waals surface area contributed by atoms with Crippen LogP contribution >= 0.6 is 15.9 Å². The summed E-state index contributed by atoms with van der Waals surface area (Å²) in [5, 5.41) is 0. The van der Waals surface area contributed by atoms with Gasteiger partial charge in [-0.2, -0.15) is 0 Å². The van der Waals surface area contributed by atoms with Gasteiger partial charge in [-0.15, -0.1) is 0 Å². The molecule has 0 heterocycles. The van der Waals surface area contributed by atoms with Gasteiger partial charge in [-0.1, -0.05) is 12.1 Å². The first-order valence-corrected chi connectivity index (χ1v) is 5.43. The largest absolute Gasteiger partial charge is 0.453 e. The molecule has 0 atom stereocenters. The smallest absolute Gasteiger partial charge is 0.167 e. The molecule has 0 unspecified atom stereocenters. The molecule has 16 heavy (non-hydrogen) atoms. The average Bonchev–Trinajstić information content (AvgIpc) is 2.25. The van der Waals surface area contributed by atoms with Gasteiger partial charge in [0, 0.05) is 11.8 Å². The van der Waals surface area contributed by atoms with Crippen molar-refractivity contribution in [2.75, 3.05) is 5.73 Å². The fraction of sp³-hybridized carbons (Fsp3) is 0. The lowest BCUT2D eigenvalue weighted by Crippen LogP contribution is -1.91. The molecule has 0 saturated heterocycles. The zero-order valence-electron chi connectivity index (χ0n) is 8.28. The van der Waals surface area contributed by atoms with Crippen LogP contribution in [0.5, 0.6) is 11.5 Å². The Hall–Kier alpha value is -1.55. The minimum atomic E-state index is -0.476. The number of rotatable bonds is 2. The average molecular weight is 282 g/mol. The summed E-state index contributed by atoms with van der Waals surface area (Å²) in [6.45, 7) is 0. The third-order valence-corrected chi connectivity index (χ3v) is 2.67. The molecule has 0 aliphatic carbocycles. The molecular formula is C12H9BrFNO. The number of nitrogens with two attached hydrogens (primary N) is 1. The summed E-state index contributed by atoms with van der Waals surface area (Å²) in [5.74, 6) is 0.239. The molecule has 0 bridgehead atoms. The Morgan fingerprint density at radius 2 is 1.81 bits per heavy atom. The highest BCUT2D eigenvalue weighted by atomic mass is 79.9. The Morgan fingerprint density at radius 1 is 1.06 bits per heavy atom. The molecule has 0 saturated carbocycles. The summed E-state index contributed by atoms with van der Waals surface area (Å²) in [6, 6.07) is 11.6. The van der Waals surface area contributed by atoms with E-state index >= 15 is 0 Å². The molecule has 2 nitrogen and oxygen atoms in total. The van der Waals surface area contributed by atoms with E-state index in [-0.39, 0.29) is 5.75 Å². The van der Waals surface area contributed by atoms with Crippen LogP contribution in [0.2, 0.25) is 0 Å². The minimum Gasteiger partial charge on any atom is -0.453 e. The van der Waals surface area contributed by atoms with Gasteiger partial charge in [0.05, 0.1) is 4.47 Å². The molecule has 0 fully saturated rings. The fourth-order valence-corrected chi connectivity index (χ4v) is 1.61. The van der Waals surface area contributed by atoms with Crippen molar-refractivity contribution in [3.8, 4) is 11.5 Å². The highest BCUT2D eigenvalue weighted by molar-refractivity contribution is 9.10. The number of hydrogen-bond donors (Lipinski definition) is 1. The van der Waals surface area contributed by atoms with Crippen LogP contribution in [0.3, 0.4) is 0 Å². The monoisotopic (exact) mass is 281 g/mol. The number of hydrogen-bond acceptors (Lipinski definition) is 2. The van der Waals surface area contributed by atoms with Gasteiger partial charge in [0.1, 0.15) is 5.75 Å². The fourth-order valence-electron chi connectivity index (χ4n) is 1.25. The maximum Gasteiger partial charge on any atom is 0.167 e. The predicted octanol–water partition coefficient (Wildman–Crippen LogP) is 3.96. The number of ether oxygens (including phenoxy) is 1. The molecule has 2 aromatic carbocycles. The Bertz CT molecular complexity index is 516. The number of para-hydroxylation sites is 1. The first kappa shape index (κ1) is 11.0. The lowest BCUT2D eigenvalue weighted by molar-refractivity contribution is 0.440. The van der Waals surface area contributed by atoms with E-state index in [9.17, 15) is 4.39 Å². The van der Waals surface area contributed by atoms with Crippen molar-refractivity contribution in [1.29, 1.82) is 0 Å².